The van der Waals surface area contributed by atoms with Crippen LogP contribution in [0.3, 0.4) is 0 Å². The first-order chi connectivity index (χ1) is 15.7. The van der Waals surface area contributed by atoms with E-state index in [0.29, 0.717) is 29.7 Å². The number of methoxy groups -OCH3 is 1. The van der Waals surface area contributed by atoms with Crippen LogP contribution in [-0.2, 0) is 16.0 Å². The minimum atomic E-state index is -1.20. The van der Waals surface area contributed by atoms with Crippen LogP contribution in [0.5, 0.6) is 5.95 Å². The van der Waals surface area contributed by atoms with Gasteiger partial charge in [0.25, 0.3) is 5.95 Å². The number of allylic oxidation sites excluding steroid dienone is 1. The molecule has 2 heterocycles. The molecule has 6 heteroatoms. The molecule has 1 N–H and O–H groups in total. The lowest BCUT2D eigenvalue weighted by Crippen LogP contribution is -2.63. The van der Waals surface area contributed by atoms with Crippen LogP contribution in [0, 0.1) is 36.5 Å². The van der Waals surface area contributed by atoms with Crippen molar-refractivity contribution in [1.82, 2.24) is 0 Å². The van der Waals surface area contributed by atoms with Crippen LogP contribution in [0.1, 0.15) is 76.7 Å². The number of Topliss-reactive ketones (excluding diaryl/α,β-unsaturated/α-hetero) is 1. The predicted octanol–water partition coefficient (Wildman–Crippen LogP) is 4.69. The maximum atomic E-state index is 13.2. The van der Waals surface area contributed by atoms with Crippen molar-refractivity contribution >= 4 is 5.78 Å². The van der Waals surface area contributed by atoms with E-state index in [1.54, 1.807) is 27.7 Å². The number of hydrogen-bond acceptors (Lipinski definition) is 6. The highest BCUT2D eigenvalue weighted by molar-refractivity contribution is 5.85. The quantitative estimate of drug-likeness (QED) is 0.640. The van der Waals surface area contributed by atoms with Crippen LogP contribution >= 0.6 is 0 Å². The molecular formula is C28H40O6. The average Bonchev–Trinajstić information content (AvgIpc) is 2.73. The number of hydrogen-bond donors (Lipinski definition) is 1. The average molecular weight is 473 g/mol. The summed E-state index contributed by atoms with van der Waals surface area (Å²) in [7, 11) is 1.53. The van der Waals surface area contributed by atoms with Crippen molar-refractivity contribution in [3.8, 4) is 5.95 Å². The van der Waals surface area contributed by atoms with Crippen molar-refractivity contribution in [2.24, 2.45) is 22.7 Å². The number of ether oxygens (including phenoxy) is 2. The second-order valence-electron chi connectivity index (χ2n) is 11.9. The Balaban J connectivity index is 1.71. The van der Waals surface area contributed by atoms with E-state index in [2.05, 4.69) is 20.4 Å². The molecule has 1 saturated heterocycles. The maximum absolute atomic E-state index is 13.2. The fourth-order valence-electron chi connectivity index (χ4n) is 7.38. The third-order valence-corrected chi connectivity index (χ3v) is 9.33. The van der Waals surface area contributed by atoms with Crippen molar-refractivity contribution in [1.29, 1.82) is 0 Å². The van der Waals surface area contributed by atoms with Crippen molar-refractivity contribution in [2.75, 3.05) is 7.11 Å². The predicted molar refractivity (Wildman–Crippen MR) is 130 cm³/mol. The first-order valence-corrected chi connectivity index (χ1v) is 12.5. The molecule has 4 rings (SSSR count). The molecule has 2 aliphatic carbocycles. The number of ketones is 1. The van der Waals surface area contributed by atoms with Gasteiger partial charge in [-0.15, -0.1) is 0 Å². The van der Waals surface area contributed by atoms with Crippen LogP contribution in [0.25, 0.3) is 0 Å². The Morgan fingerprint density at radius 2 is 1.85 bits per heavy atom. The van der Waals surface area contributed by atoms with E-state index in [0.717, 1.165) is 31.3 Å². The van der Waals surface area contributed by atoms with Crippen molar-refractivity contribution in [3.63, 3.8) is 0 Å². The standard InChI is InChI=1S/C28H40O6/c1-15-9-10-21-27(6,19(15)13-18-23(30)16(2)17(3)33-25(18)32-8)12-11-22-28(21,7)14-20(29)24(34-22)26(4,5)31/h19,21-22,24,31H,1,9-14H2,2-8H3/t19-,21-,22-,24-,27-,28+/m1/s1. The molecule has 6 nitrogen and oxygen atoms in total. The topological polar surface area (TPSA) is 86.0 Å². The van der Waals surface area contributed by atoms with Crippen LogP contribution in [0.4, 0.5) is 0 Å². The fraction of sp³-hybridized carbons (Fsp3) is 0.714. The van der Waals surface area contributed by atoms with Gasteiger partial charge in [-0.3, -0.25) is 9.59 Å². The molecule has 3 fully saturated rings. The molecule has 188 valence electrons. The Hall–Kier alpha value is -1.92. The van der Waals surface area contributed by atoms with E-state index >= 15 is 0 Å². The van der Waals surface area contributed by atoms with Crippen LogP contribution < -0.4 is 10.2 Å². The summed E-state index contributed by atoms with van der Waals surface area (Å²) < 4.78 is 17.6. The highest BCUT2D eigenvalue weighted by Crippen LogP contribution is 2.64. The van der Waals surface area contributed by atoms with E-state index in [-0.39, 0.29) is 45.9 Å². The molecule has 3 aliphatic rings. The van der Waals surface area contributed by atoms with E-state index in [4.69, 9.17) is 13.9 Å². The number of aryl methyl sites for hydroxylation is 1. The van der Waals surface area contributed by atoms with Gasteiger partial charge in [-0.25, -0.2) is 0 Å². The Kier molecular flexibility index (Phi) is 6.17. The lowest BCUT2D eigenvalue weighted by atomic mass is 9.44. The van der Waals surface area contributed by atoms with E-state index < -0.39 is 11.7 Å². The molecule has 0 radical (unpaired) electrons. The van der Waals surface area contributed by atoms with Gasteiger partial charge < -0.3 is 19.0 Å². The van der Waals surface area contributed by atoms with Crippen molar-refractivity contribution < 1.29 is 23.8 Å². The summed E-state index contributed by atoms with van der Waals surface area (Å²) in [6, 6.07) is 0. The largest absolute Gasteiger partial charge is 0.468 e. The summed E-state index contributed by atoms with van der Waals surface area (Å²) in [5, 5.41) is 10.5. The molecule has 2 saturated carbocycles. The Morgan fingerprint density at radius 3 is 2.47 bits per heavy atom. The van der Waals surface area contributed by atoms with Gasteiger partial charge in [-0.2, -0.15) is 0 Å². The summed E-state index contributed by atoms with van der Waals surface area (Å²) in [6.45, 7) is 15.8. The Labute approximate surface area is 202 Å². The van der Waals surface area contributed by atoms with Gasteiger partial charge in [0.1, 0.15) is 11.9 Å². The summed E-state index contributed by atoms with van der Waals surface area (Å²) >= 11 is 0. The minimum Gasteiger partial charge on any atom is -0.468 e. The molecule has 34 heavy (non-hydrogen) atoms. The minimum absolute atomic E-state index is 0.0204. The third kappa shape index (κ3) is 3.78. The number of aliphatic hydroxyl groups is 1. The van der Waals surface area contributed by atoms with E-state index in [1.165, 1.54) is 7.11 Å². The number of carbonyl (C=O) groups excluding carboxylic acids is 1. The zero-order valence-electron chi connectivity index (χ0n) is 21.7. The van der Waals surface area contributed by atoms with E-state index in [9.17, 15) is 14.7 Å². The second kappa shape index (κ2) is 8.34. The summed E-state index contributed by atoms with van der Waals surface area (Å²) in [6.07, 6.45) is 3.58. The smallest absolute Gasteiger partial charge is 0.291 e. The van der Waals surface area contributed by atoms with Gasteiger partial charge in [0.05, 0.1) is 24.4 Å². The molecular weight excluding hydrogens is 432 g/mol. The monoisotopic (exact) mass is 472 g/mol. The number of carbonyl (C=O) groups is 1. The molecule has 1 aliphatic heterocycles. The van der Waals surface area contributed by atoms with Gasteiger partial charge in [0.2, 0.25) is 0 Å². The lowest BCUT2D eigenvalue weighted by molar-refractivity contribution is -0.227. The molecule has 6 atom stereocenters. The fourth-order valence-corrected chi connectivity index (χ4v) is 7.38. The molecule has 0 unspecified atom stereocenters. The Bertz CT molecular complexity index is 1060. The number of rotatable bonds is 4. The highest BCUT2D eigenvalue weighted by Gasteiger charge is 2.62. The van der Waals surface area contributed by atoms with Gasteiger partial charge in [-0.1, -0.05) is 26.0 Å². The van der Waals surface area contributed by atoms with Gasteiger partial charge in [0.15, 0.2) is 11.2 Å². The zero-order valence-corrected chi connectivity index (χ0v) is 21.7. The van der Waals surface area contributed by atoms with Crippen LogP contribution in [-0.4, -0.2) is 35.8 Å². The van der Waals surface area contributed by atoms with Gasteiger partial charge >= 0.3 is 0 Å². The van der Waals surface area contributed by atoms with Crippen LogP contribution in [0.15, 0.2) is 21.4 Å². The second-order valence-corrected chi connectivity index (χ2v) is 11.9. The van der Waals surface area contributed by atoms with Gasteiger partial charge in [-0.05, 0) is 77.0 Å². The van der Waals surface area contributed by atoms with Gasteiger partial charge in [0, 0.05) is 17.4 Å². The Morgan fingerprint density at radius 1 is 1.18 bits per heavy atom. The SMILES string of the molecule is C=C1CC[C@@H]2[C@](C)(CC[C@H]3O[C@@H](C(C)(C)O)C(=O)C[C@@]23C)[C@@H]1Cc1c(OC)oc(C)c(C)c1=O. The summed E-state index contributed by atoms with van der Waals surface area (Å²) in [4.78, 5) is 26.4. The molecule has 0 amide bonds. The first kappa shape index (κ1) is 25.2. The molecule has 0 bridgehead atoms. The molecule has 0 aromatic carbocycles. The van der Waals surface area contributed by atoms with Crippen LogP contribution in [0.2, 0.25) is 0 Å². The zero-order chi connectivity index (χ0) is 25.2. The van der Waals surface area contributed by atoms with E-state index in [1.807, 2.05) is 0 Å². The summed E-state index contributed by atoms with van der Waals surface area (Å²) in [5.74, 6) is 1.16. The first-order valence-electron chi connectivity index (χ1n) is 12.5. The van der Waals surface area contributed by atoms with Crippen molar-refractivity contribution in [2.45, 2.75) is 97.9 Å². The third-order valence-electron chi connectivity index (χ3n) is 9.33. The maximum Gasteiger partial charge on any atom is 0.291 e. The lowest BCUT2D eigenvalue weighted by Gasteiger charge is -2.63. The highest BCUT2D eigenvalue weighted by atomic mass is 16.6. The summed E-state index contributed by atoms with van der Waals surface area (Å²) in [5.41, 5.74) is 0.657. The molecule has 1 aromatic heterocycles. The van der Waals surface area contributed by atoms with Crippen molar-refractivity contribution in [3.05, 3.63) is 39.3 Å². The molecule has 0 spiro atoms. The normalized spacial score (nSPS) is 36.1. The molecule has 1 aromatic rings. The number of fused-ring (bicyclic) bond motifs is 3.